The summed E-state index contributed by atoms with van der Waals surface area (Å²) in [7, 11) is 1.63. The third kappa shape index (κ3) is 4.70. The number of morpholine rings is 1. The first-order chi connectivity index (χ1) is 8.79. The molecule has 2 N–H and O–H groups in total. The molecule has 0 saturated carbocycles. The van der Waals surface area contributed by atoms with Gasteiger partial charge in [0.15, 0.2) is 0 Å². The molecule has 1 amide bonds. The zero-order valence-electron chi connectivity index (χ0n) is 10.8. The molecular formula is C13H19ClN2O3. The molecule has 0 spiro atoms. The Bertz CT molecular complexity index is 391. The molecule has 5 nitrogen and oxygen atoms in total. The number of hydrogen-bond acceptors (Lipinski definition) is 4. The average molecular weight is 287 g/mol. The summed E-state index contributed by atoms with van der Waals surface area (Å²) in [6, 6.07) is 7.39. The van der Waals surface area contributed by atoms with Gasteiger partial charge in [0.2, 0.25) is 5.91 Å². The van der Waals surface area contributed by atoms with E-state index in [9.17, 15) is 4.79 Å². The summed E-state index contributed by atoms with van der Waals surface area (Å²) in [5.74, 6) is 0.790. The van der Waals surface area contributed by atoms with Gasteiger partial charge in [-0.1, -0.05) is 12.1 Å². The van der Waals surface area contributed by atoms with Crippen molar-refractivity contribution in [3.8, 4) is 5.75 Å². The first kappa shape index (κ1) is 15.8. The van der Waals surface area contributed by atoms with Crippen LogP contribution < -0.4 is 15.4 Å². The normalized spacial score (nSPS) is 18.3. The van der Waals surface area contributed by atoms with Crippen molar-refractivity contribution in [1.29, 1.82) is 0 Å². The van der Waals surface area contributed by atoms with E-state index in [1.807, 2.05) is 24.3 Å². The van der Waals surface area contributed by atoms with Crippen LogP contribution in [0.25, 0.3) is 0 Å². The van der Waals surface area contributed by atoms with E-state index < -0.39 is 0 Å². The van der Waals surface area contributed by atoms with Crippen LogP contribution in [0.1, 0.15) is 5.56 Å². The summed E-state index contributed by atoms with van der Waals surface area (Å²) in [4.78, 5) is 11.8. The average Bonchev–Trinajstić information content (AvgIpc) is 2.46. The van der Waals surface area contributed by atoms with Crippen LogP contribution in [0, 0.1) is 0 Å². The van der Waals surface area contributed by atoms with E-state index in [-0.39, 0.29) is 24.4 Å². The topological polar surface area (TPSA) is 59.6 Å². The van der Waals surface area contributed by atoms with E-state index in [4.69, 9.17) is 9.47 Å². The molecule has 1 unspecified atom stereocenters. The smallest absolute Gasteiger partial charge is 0.239 e. The molecule has 2 rings (SSSR count). The van der Waals surface area contributed by atoms with Gasteiger partial charge in [-0.05, 0) is 17.7 Å². The molecule has 1 saturated heterocycles. The third-order valence-electron chi connectivity index (χ3n) is 2.86. The molecular weight excluding hydrogens is 268 g/mol. The van der Waals surface area contributed by atoms with E-state index in [1.165, 1.54) is 0 Å². The molecule has 0 bridgehead atoms. The maximum atomic E-state index is 11.8. The molecule has 19 heavy (non-hydrogen) atoms. The number of hydrogen-bond donors (Lipinski definition) is 2. The van der Waals surface area contributed by atoms with Gasteiger partial charge < -0.3 is 20.1 Å². The second kappa shape index (κ2) is 7.99. The second-order valence-electron chi connectivity index (χ2n) is 4.15. The molecule has 1 aromatic carbocycles. The van der Waals surface area contributed by atoms with Gasteiger partial charge in [-0.25, -0.2) is 0 Å². The molecule has 1 fully saturated rings. The third-order valence-corrected chi connectivity index (χ3v) is 2.86. The van der Waals surface area contributed by atoms with Gasteiger partial charge in [-0.2, -0.15) is 0 Å². The van der Waals surface area contributed by atoms with Crippen LogP contribution in [-0.4, -0.2) is 38.8 Å². The molecule has 1 aliphatic rings. The van der Waals surface area contributed by atoms with Crippen LogP contribution in [0.15, 0.2) is 24.3 Å². The summed E-state index contributed by atoms with van der Waals surface area (Å²) in [5, 5.41) is 6.00. The summed E-state index contributed by atoms with van der Waals surface area (Å²) in [6.45, 7) is 2.35. The number of amides is 1. The largest absolute Gasteiger partial charge is 0.497 e. The highest BCUT2D eigenvalue weighted by atomic mass is 35.5. The Morgan fingerprint density at radius 3 is 2.79 bits per heavy atom. The Balaban J connectivity index is 0.00000180. The highest BCUT2D eigenvalue weighted by molar-refractivity contribution is 5.85. The lowest BCUT2D eigenvalue weighted by Crippen LogP contribution is -2.51. The number of ether oxygens (including phenoxy) is 2. The lowest BCUT2D eigenvalue weighted by Gasteiger charge is -2.22. The van der Waals surface area contributed by atoms with Crippen molar-refractivity contribution in [2.24, 2.45) is 0 Å². The zero-order chi connectivity index (χ0) is 12.8. The first-order valence-corrected chi connectivity index (χ1v) is 6.01. The number of carbonyl (C=O) groups excluding carboxylic acids is 1. The minimum Gasteiger partial charge on any atom is -0.497 e. The van der Waals surface area contributed by atoms with Gasteiger partial charge in [0.25, 0.3) is 0 Å². The summed E-state index contributed by atoms with van der Waals surface area (Å²) < 4.78 is 10.3. The number of rotatable bonds is 4. The van der Waals surface area contributed by atoms with Crippen LogP contribution in [0.5, 0.6) is 5.75 Å². The Labute approximate surface area is 119 Å². The number of methoxy groups -OCH3 is 1. The first-order valence-electron chi connectivity index (χ1n) is 6.01. The summed E-state index contributed by atoms with van der Waals surface area (Å²) in [5.41, 5.74) is 1.04. The van der Waals surface area contributed by atoms with Crippen molar-refractivity contribution in [3.63, 3.8) is 0 Å². The predicted molar refractivity (Wildman–Crippen MR) is 74.7 cm³/mol. The van der Waals surface area contributed by atoms with Crippen LogP contribution in [-0.2, 0) is 16.1 Å². The molecule has 0 radical (unpaired) electrons. The fourth-order valence-corrected chi connectivity index (χ4v) is 1.79. The van der Waals surface area contributed by atoms with Crippen LogP contribution in [0.2, 0.25) is 0 Å². The summed E-state index contributed by atoms with van der Waals surface area (Å²) >= 11 is 0. The van der Waals surface area contributed by atoms with Gasteiger partial charge in [0, 0.05) is 13.1 Å². The second-order valence-corrected chi connectivity index (χ2v) is 4.15. The van der Waals surface area contributed by atoms with E-state index >= 15 is 0 Å². The van der Waals surface area contributed by atoms with E-state index in [1.54, 1.807) is 7.11 Å². The molecule has 106 valence electrons. The minimum atomic E-state index is -0.239. The Hall–Kier alpha value is -1.30. The van der Waals surface area contributed by atoms with E-state index in [0.717, 1.165) is 17.9 Å². The van der Waals surface area contributed by atoms with E-state index in [0.29, 0.717) is 19.8 Å². The van der Waals surface area contributed by atoms with Crippen molar-refractivity contribution in [2.75, 3.05) is 26.9 Å². The van der Waals surface area contributed by atoms with E-state index in [2.05, 4.69) is 10.6 Å². The van der Waals surface area contributed by atoms with Crippen LogP contribution in [0.3, 0.4) is 0 Å². The highest BCUT2D eigenvalue weighted by Crippen LogP contribution is 2.10. The Kier molecular flexibility index (Phi) is 6.62. The molecule has 0 aliphatic carbocycles. The SMILES string of the molecule is COc1ccc(CNC(=O)C2COCCN2)cc1.Cl. The minimum absolute atomic E-state index is 0. The Morgan fingerprint density at radius 1 is 1.47 bits per heavy atom. The predicted octanol–water partition coefficient (Wildman–Crippen LogP) is 0.722. The fraction of sp³-hybridized carbons (Fsp3) is 0.462. The molecule has 1 atom stereocenters. The maximum Gasteiger partial charge on any atom is 0.239 e. The van der Waals surface area contributed by atoms with Gasteiger partial charge in [-0.3, -0.25) is 4.79 Å². The van der Waals surface area contributed by atoms with Gasteiger partial charge >= 0.3 is 0 Å². The van der Waals surface area contributed by atoms with Gasteiger partial charge in [0.1, 0.15) is 11.8 Å². The lowest BCUT2D eigenvalue weighted by atomic mass is 10.2. The fourth-order valence-electron chi connectivity index (χ4n) is 1.79. The quantitative estimate of drug-likeness (QED) is 0.856. The van der Waals surface area contributed by atoms with Crippen molar-refractivity contribution in [3.05, 3.63) is 29.8 Å². The number of benzene rings is 1. The molecule has 1 heterocycles. The van der Waals surface area contributed by atoms with Crippen molar-refractivity contribution >= 4 is 18.3 Å². The lowest BCUT2D eigenvalue weighted by molar-refractivity contribution is -0.126. The Morgan fingerprint density at radius 2 is 2.21 bits per heavy atom. The monoisotopic (exact) mass is 286 g/mol. The molecule has 1 aromatic rings. The van der Waals surface area contributed by atoms with Crippen molar-refractivity contribution < 1.29 is 14.3 Å². The van der Waals surface area contributed by atoms with Gasteiger partial charge in [-0.15, -0.1) is 12.4 Å². The number of halogens is 1. The van der Waals surface area contributed by atoms with Crippen molar-refractivity contribution in [2.45, 2.75) is 12.6 Å². The molecule has 0 aromatic heterocycles. The summed E-state index contributed by atoms with van der Waals surface area (Å²) in [6.07, 6.45) is 0. The maximum absolute atomic E-state index is 11.8. The highest BCUT2D eigenvalue weighted by Gasteiger charge is 2.20. The molecule has 1 aliphatic heterocycles. The van der Waals surface area contributed by atoms with Crippen LogP contribution >= 0.6 is 12.4 Å². The molecule has 6 heteroatoms. The number of carbonyl (C=O) groups is 1. The van der Waals surface area contributed by atoms with Crippen LogP contribution in [0.4, 0.5) is 0 Å². The standard InChI is InChI=1S/C13H18N2O3.ClH/c1-17-11-4-2-10(3-5-11)8-15-13(16)12-9-18-7-6-14-12;/h2-5,12,14H,6-9H2,1H3,(H,15,16);1H. The van der Waals surface area contributed by atoms with Gasteiger partial charge in [0.05, 0.1) is 20.3 Å². The number of nitrogens with one attached hydrogen (secondary N) is 2. The van der Waals surface area contributed by atoms with Crippen molar-refractivity contribution in [1.82, 2.24) is 10.6 Å². The zero-order valence-corrected chi connectivity index (χ0v) is 11.7.